The maximum Gasteiger partial charge on any atom is 0.240 e. The third kappa shape index (κ3) is 1.23. The average molecular weight is 211 g/mol. The highest BCUT2D eigenvalue weighted by Crippen LogP contribution is 2.42. The molecule has 0 unspecified atom stereocenters. The van der Waals surface area contributed by atoms with Gasteiger partial charge in [0.1, 0.15) is 5.03 Å². The van der Waals surface area contributed by atoms with Gasteiger partial charge in [-0.2, -0.15) is 5.10 Å². The van der Waals surface area contributed by atoms with Crippen LogP contribution in [0, 0.1) is 6.92 Å². The number of hydrogen-bond acceptors (Lipinski definition) is 3. The van der Waals surface area contributed by atoms with Crippen molar-refractivity contribution in [3.8, 4) is 0 Å². The van der Waals surface area contributed by atoms with Crippen molar-refractivity contribution >= 4 is 23.4 Å². The molecule has 0 saturated heterocycles. The number of anilines is 1. The van der Waals surface area contributed by atoms with Crippen LogP contribution in [0.2, 0.25) is 0 Å². The van der Waals surface area contributed by atoms with Crippen LogP contribution in [0.15, 0.2) is 5.03 Å². The lowest BCUT2D eigenvalue weighted by Gasteiger charge is -2.28. The van der Waals surface area contributed by atoms with Crippen LogP contribution in [0.25, 0.3) is 0 Å². The van der Waals surface area contributed by atoms with Gasteiger partial charge in [-0.15, -0.1) is 0 Å². The summed E-state index contributed by atoms with van der Waals surface area (Å²) in [6.45, 7) is 5.73. The molecule has 2 heterocycles. The number of hydrogen-bond donors (Lipinski definition) is 1. The number of aromatic nitrogens is 2. The van der Waals surface area contributed by atoms with Crippen molar-refractivity contribution < 1.29 is 4.79 Å². The molecule has 0 radical (unpaired) electrons. The van der Waals surface area contributed by atoms with Crippen molar-refractivity contribution in [1.29, 1.82) is 0 Å². The summed E-state index contributed by atoms with van der Waals surface area (Å²) in [6.07, 6.45) is 0. The summed E-state index contributed by atoms with van der Waals surface area (Å²) in [4.78, 5) is 11.7. The second-order valence-electron chi connectivity index (χ2n) is 3.96. The first-order chi connectivity index (χ1) is 6.42. The molecule has 2 rings (SSSR count). The Hall–Kier alpha value is -0.970. The highest BCUT2D eigenvalue weighted by atomic mass is 32.2. The Bertz CT molecular complexity index is 408. The minimum Gasteiger partial charge on any atom is -0.321 e. The third-order valence-electron chi connectivity index (χ3n) is 2.31. The van der Waals surface area contributed by atoms with Crippen molar-refractivity contribution in [2.24, 2.45) is 7.05 Å². The second kappa shape index (κ2) is 2.76. The van der Waals surface area contributed by atoms with E-state index >= 15 is 0 Å². The van der Waals surface area contributed by atoms with Gasteiger partial charge >= 0.3 is 0 Å². The molecule has 1 aromatic heterocycles. The number of nitrogens with one attached hydrogen (secondary N) is 1. The van der Waals surface area contributed by atoms with E-state index in [-0.39, 0.29) is 5.91 Å². The maximum atomic E-state index is 11.7. The highest BCUT2D eigenvalue weighted by Gasteiger charge is 2.37. The molecule has 0 aliphatic carbocycles. The normalized spacial score (nSPS) is 19.0. The molecule has 76 valence electrons. The molecule has 0 fully saturated rings. The molecule has 1 aliphatic rings. The van der Waals surface area contributed by atoms with E-state index in [1.54, 1.807) is 11.8 Å². The van der Waals surface area contributed by atoms with E-state index in [2.05, 4.69) is 10.4 Å². The Balaban J connectivity index is 2.53. The third-order valence-corrected chi connectivity index (χ3v) is 3.66. The molecular weight excluding hydrogens is 198 g/mol. The summed E-state index contributed by atoms with van der Waals surface area (Å²) in [5, 5.41) is 8.20. The fourth-order valence-corrected chi connectivity index (χ4v) is 2.55. The molecule has 14 heavy (non-hydrogen) atoms. The number of nitrogens with zero attached hydrogens (tertiary/aromatic N) is 2. The largest absolute Gasteiger partial charge is 0.321 e. The molecule has 0 saturated carbocycles. The minimum atomic E-state index is -0.409. The molecule has 5 heteroatoms. The predicted molar refractivity (Wildman–Crippen MR) is 56.5 cm³/mol. The number of fused-ring (bicyclic) bond motifs is 1. The highest BCUT2D eigenvalue weighted by molar-refractivity contribution is 8.01. The van der Waals surface area contributed by atoms with Crippen molar-refractivity contribution in [1.82, 2.24) is 9.78 Å². The molecule has 1 aromatic rings. The van der Waals surface area contributed by atoms with Crippen LogP contribution in [0.3, 0.4) is 0 Å². The Morgan fingerprint density at radius 3 is 2.79 bits per heavy atom. The molecule has 1 amide bonds. The Labute approximate surface area is 87.1 Å². The molecule has 0 bridgehead atoms. The first-order valence-corrected chi connectivity index (χ1v) is 5.27. The van der Waals surface area contributed by atoms with Gasteiger partial charge in [-0.1, -0.05) is 11.8 Å². The maximum absolute atomic E-state index is 11.7. The Morgan fingerprint density at radius 1 is 1.50 bits per heavy atom. The van der Waals surface area contributed by atoms with E-state index in [1.165, 1.54) is 0 Å². The van der Waals surface area contributed by atoms with E-state index < -0.39 is 4.75 Å². The fourth-order valence-electron chi connectivity index (χ4n) is 1.45. The van der Waals surface area contributed by atoms with Gasteiger partial charge in [-0.25, -0.2) is 0 Å². The van der Waals surface area contributed by atoms with Gasteiger partial charge in [0.15, 0.2) is 0 Å². The van der Waals surface area contributed by atoms with Crippen molar-refractivity contribution in [2.45, 2.75) is 30.5 Å². The zero-order valence-corrected chi connectivity index (χ0v) is 9.53. The predicted octanol–water partition coefficient (Wildman–Crippen LogP) is 1.55. The van der Waals surface area contributed by atoms with Crippen LogP contribution < -0.4 is 5.32 Å². The van der Waals surface area contributed by atoms with Gasteiger partial charge in [0.05, 0.1) is 16.1 Å². The van der Waals surface area contributed by atoms with Gasteiger partial charge in [0, 0.05) is 7.05 Å². The van der Waals surface area contributed by atoms with E-state index in [0.717, 1.165) is 16.4 Å². The quantitative estimate of drug-likeness (QED) is 0.708. The van der Waals surface area contributed by atoms with Crippen molar-refractivity contribution in [3.63, 3.8) is 0 Å². The van der Waals surface area contributed by atoms with E-state index in [9.17, 15) is 4.79 Å². The number of thioether (sulfide) groups is 1. The molecule has 0 atom stereocenters. The summed E-state index contributed by atoms with van der Waals surface area (Å²) in [7, 11) is 1.90. The fraction of sp³-hybridized carbons (Fsp3) is 0.556. The Kier molecular flexibility index (Phi) is 1.89. The van der Waals surface area contributed by atoms with Crippen LogP contribution in [0.4, 0.5) is 5.69 Å². The second-order valence-corrected chi connectivity index (χ2v) is 5.57. The standard InChI is InChI=1S/C9H13N3OS/c1-5-6-7(12(4)11-5)14-9(2,3)8(13)10-6/h1-4H3,(H,10,13). The number of carbonyl (C=O) groups is 1. The number of rotatable bonds is 0. The molecule has 0 aromatic carbocycles. The summed E-state index contributed by atoms with van der Waals surface area (Å²) >= 11 is 1.56. The van der Waals surface area contributed by atoms with Crippen molar-refractivity contribution in [2.75, 3.05) is 5.32 Å². The smallest absolute Gasteiger partial charge is 0.240 e. The van der Waals surface area contributed by atoms with E-state index in [1.807, 2.05) is 32.5 Å². The summed E-state index contributed by atoms with van der Waals surface area (Å²) in [5.41, 5.74) is 1.74. The SMILES string of the molecule is Cc1nn(C)c2c1NC(=O)C(C)(C)S2. The summed E-state index contributed by atoms with van der Waals surface area (Å²) in [5.74, 6) is 0.0473. The summed E-state index contributed by atoms with van der Waals surface area (Å²) in [6, 6.07) is 0. The first kappa shape index (κ1) is 9.58. The number of amides is 1. The van der Waals surface area contributed by atoms with Gasteiger partial charge in [-0.3, -0.25) is 9.48 Å². The number of aryl methyl sites for hydroxylation is 2. The summed E-state index contributed by atoms with van der Waals surface area (Å²) < 4.78 is 1.41. The van der Waals surface area contributed by atoms with Crippen molar-refractivity contribution in [3.05, 3.63) is 5.69 Å². The zero-order valence-electron chi connectivity index (χ0n) is 8.71. The molecule has 1 N–H and O–H groups in total. The number of carbonyl (C=O) groups excluding carboxylic acids is 1. The molecule has 0 spiro atoms. The zero-order chi connectivity index (χ0) is 10.5. The topological polar surface area (TPSA) is 46.9 Å². The van der Waals surface area contributed by atoms with E-state index in [4.69, 9.17) is 0 Å². The lowest BCUT2D eigenvalue weighted by Crippen LogP contribution is -2.37. The van der Waals surface area contributed by atoms with Crippen LogP contribution in [-0.4, -0.2) is 20.4 Å². The average Bonchev–Trinajstić information content (AvgIpc) is 2.30. The van der Waals surface area contributed by atoms with Crippen LogP contribution in [0.5, 0.6) is 0 Å². The molecule has 1 aliphatic heterocycles. The van der Waals surface area contributed by atoms with Crippen LogP contribution >= 0.6 is 11.8 Å². The van der Waals surface area contributed by atoms with Gasteiger partial charge in [0.25, 0.3) is 0 Å². The molecular formula is C9H13N3OS. The van der Waals surface area contributed by atoms with Gasteiger partial charge in [-0.05, 0) is 20.8 Å². The lowest BCUT2D eigenvalue weighted by molar-refractivity contribution is -0.117. The first-order valence-electron chi connectivity index (χ1n) is 4.46. The lowest BCUT2D eigenvalue weighted by atomic mass is 10.2. The minimum absolute atomic E-state index is 0.0473. The van der Waals surface area contributed by atoms with Crippen LogP contribution in [-0.2, 0) is 11.8 Å². The van der Waals surface area contributed by atoms with Gasteiger partial charge in [0.2, 0.25) is 5.91 Å². The monoisotopic (exact) mass is 211 g/mol. The Morgan fingerprint density at radius 2 is 2.14 bits per heavy atom. The van der Waals surface area contributed by atoms with Gasteiger partial charge < -0.3 is 5.32 Å². The molecule has 4 nitrogen and oxygen atoms in total. The van der Waals surface area contributed by atoms with Crippen LogP contribution in [0.1, 0.15) is 19.5 Å². The van der Waals surface area contributed by atoms with E-state index in [0.29, 0.717) is 0 Å².